The normalized spacial score (nSPS) is 30.3. The van der Waals surface area contributed by atoms with Crippen molar-refractivity contribution in [1.82, 2.24) is 9.80 Å². The van der Waals surface area contributed by atoms with Gasteiger partial charge in [0.05, 0.1) is 23.2 Å². The van der Waals surface area contributed by atoms with Crippen molar-refractivity contribution in [2.45, 2.75) is 25.3 Å². The maximum absolute atomic E-state index is 14.3. The lowest BCUT2D eigenvalue weighted by molar-refractivity contribution is -0.139. The summed E-state index contributed by atoms with van der Waals surface area (Å²) in [6.07, 6.45) is 3.13. The van der Waals surface area contributed by atoms with Crippen LogP contribution in [-0.4, -0.2) is 61.5 Å². The van der Waals surface area contributed by atoms with Gasteiger partial charge < -0.3 is 14.7 Å². The van der Waals surface area contributed by atoms with E-state index in [-0.39, 0.29) is 17.6 Å². The zero-order valence-electron chi connectivity index (χ0n) is 15.2. The lowest BCUT2D eigenvalue weighted by atomic mass is 9.83. The van der Waals surface area contributed by atoms with Crippen molar-refractivity contribution in [3.63, 3.8) is 0 Å². The maximum Gasteiger partial charge on any atom is 0.227 e. The average molecular weight is 356 g/mol. The van der Waals surface area contributed by atoms with Crippen molar-refractivity contribution < 1.29 is 9.18 Å². The van der Waals surface area contributed by atoms with Gasteiger partial charge >= 0.3 is 0 Å². The Morgan fingerprint density at radius 3 is 2.62 bits per heavy atom. The fourth-order valence-corrected chi connectivity index (χ4v) is 4.84. The molecule has 0 radical (unpaired) electrons. The number of hydrogen-bond donors (Lipinski definition) is 0. The topological polar surface area (TPSA) is 50.6 Å². The van der Waals surface area contributed by atoms with E-state index in [0.717, 1.165) is 13.0 Å². The smallest absolute Gasteiger partial charge is 0.227 e. The van der Waals surface area contributed by atoms with Crippen molar-refractivity contribution in [2.75, 3.05) is 44.7 Å². The Bertz CT molecular complexity index is 738. The van der Waals surface area contributed by atoms with E-state index in [2.05, 4.69) is 4.90 Å². The first kappa shape index (κ1) is 17.3. The molecule has 2 bridgehead atoms. The van der Waals surface area contributed by atoms with Crippen LogP contribution in [-0.2, 0) is 4.79 Å². The Labute approximate surface area is 154 Å². The predicted octanol–water partition coefficient (Wildman–Crippen LogP) is 2.08. The van der Waals surface area contributed by atoms with Gasteiger partial charge in [0.2, 0.25) is 5.91 Å². The average Bonchev–Trinajstić information content (AvgIpc) is 3.17. The maximum atomic E-state index is 14.3. The first-order valence-electron chi connectivity index (χ1n) is 9.50. The summed E-state index contributed by atoms with van der Waals surface area (Å²) >= 11 is 0. The van der Waals surface area contributed by atoms with E-state index < -0.39 is 0 Å². The van der Waals surface area contributed by atoms with Crippen LogP contribution >= 0.6 is 0 Å². The quantitative estimate of drug-likeness (QED) is 0.832. The largest absolute Gasteiger partial charge is 0.368 e. The highest BCUT2D eigenvalue weighted by molar-refractivity contribution is 5.80. The first-order chi connectivity index (χ1) is 12.6. The van der Waals surface area contributed by atoms with E-state index in [4.69, 9.17) is 5.26 Å². The van der Waals surface area contributed by atoms with Gasteiger partial charge in [-0.3, -0.25) is 4.79 Å². The molecule has 138 valence electrons. The van der Waals surface area contributed by atoms with Crippen LogP contribution in [0.3, 0.4) is 0 Å². The number of fused-ring (bicyclic) bond motifs is 3. The number of nitriles is 1. The van der Waals surface area contributed by atoms with Gasteiger partial charge in [0.1, 0.15) is 5.82 Å². The summed E-state index contributed by atoms with van der Waals surface area (Å²) in [4.78, 5) is 19.4. The van der Waals surface area contributed by atoms with Crippen LogP contribution in [0, 0.1) is 29.0 Å². The van der Waals surface area contributed by atoms with E-state index in [1.165, 1.54) is 32.0 Å². The molecule has 4 saturated heterocycles. The van der Waals surface area contributed by atoms with E-state index in [1.807, 2.05) is 22.9 Å². The van der Waals surface area contributed by atoms with E-state index >= 15 is 0 Å². The van der Waals surface area contributed by atoms with Crippen molar-refractivity contribution in [3.05, 3.63) is 29.6 Å². The first-order valence-corrected chi connectivity index (χ1v) is 9.50. The molecule has 0 saturated carbocycles. The highest BCUT2D eigenvalue weighted by atomic mass is 19.1. The van der Waals surface area contributed by atoms with Crippen molar-refractivity contribution >= 4 is 11.6 Å². The van der Waals surface area contributed by atoms with Gasteiger partial charge in [-0.25, -0.2) is 4.39 Å². The second kappa shape index (κ2) is 6.88. The molecule has 0 aliphatic carbocycles. The summed E-state index contributed by atoms with van der Waals surface area (Å²) in [5, 5.41) is 8.88. The molecular formula is C20H25FN4O. The zero-order valence-corrected chi connectivity index (χ0v) is 15.2. The number of carbonyl (C=O) groups is 1. The van der Waals surface area contributed by atoms with Gasteiger partial charge in [0.15, 0.2) is 0 Å². The SMILES string of the molecule is CN(C(=O)C1CCN(c2ccc(C#N)cc2F)C1)C1CN2CCC1CC2. The van der Waals surface area contributed by atoms with Crippen LogP contribution in [0.15, 0.2) is 18.2 Å². The lowest BCUT2D eigenvalue weighted by Gasteiger charge is -2.48. The molecule has 2 atom stereocenters. The number of amides is 1. The van der Waals surface area contributed by atoms with Gasteiger partial charge in [-0.15, -0.1) is 0 Å². The molecule has 5 rings (SSSR count). The number of halogens is 1. The van der Waals surface area contributed by atoms with Gasteiger partial charge in [0.25, 0.3) is 0 Å². The molecule has 26 heavy (non-hydrogen) atoms. The molecule has 6 heteroatoms. The third-order valence-corrected chi connectivity index (χ3v) is 6.42. The van der Waals surface area contributed by atoms with Crippen molar-refractivity contribution in [1.29, 1.82) is 5.26 Å². The number of benzene rings is 1. The predicted molar refractivity (Wildman–Crippen MR) is 97.2 cm³/mol. The van der Waals surface area contributed by atoms with E-state index in [9.17, 15) is 9.18 Å². The van der Waals surface area contributed by atoms with Gasteiger partial charge in [0, 0.05) is 32.7 Å². The van der Waals surface area contributed by atoms with Crippen molar-refractivity contribution in [3.8, 4) is 6.07 Å². The van der Waals surface area contributed by atoms with Crippen LogP contribution in [0.1, 0.15) is 24.8 Å². The van der Waals surface area contributed by atoms with Crippen molar-refractivity contribution in [2.24, 2.45) is 11.8 Å². The van der Waals surface area contributed by atoms with Gasteiger partial charge in [-0.05, 0) is 56.5 Å². The molecule has 0 aromatic heterocycles. The number of anilines is 1. The molecule has 4 aliphatic heterocycles. The molecule has 1 aromatic rings. The standard InChI is InChI=1S/C20H25FN4O/c1-23(19-13-24-7-4-15(19)5-8-24)20(26)16-6-9-25(12-16)18-3-2-14(11-22)10-17(18)21/h2-3,10,15-16,19H,4-9,12-13H2,1H3. The summed E-state index contributed by atoms with van der Waals surface area (Å²) in [5.74, 6) is 0.358. The Hall–Kier alpha value is -2.13. The molecule has 5 nitrogen and oxygen atoms in total. The summed E-state index contributed by atoms with van der Waals surface area (Å²) in [7, 11) is 1.94. The second-order valence-electron chi connectivity index (χ2n) is 7.86. The summed E-state index contributed by atoms with van der Waals surface area (Å²) in [6, 6.07) is 6.83. The molecule has 0 N–H and O–H groups in total. The summed E-state index contributed by atoms with van der Waals surface area (Å²) in [6.45, 7) is 4.55. The third kappa shape index (κ3) is 3.05. The number of hydrogen-bond acceptors (Lipinski definition) is 4. The van der Waals surface area contributed by atoms with E-state index in [0.29, 0.717) is 36.3 Å². The second-order valence-corrected chi connectivity index (χ2v) is 7.86. The minimum Gasteiger partial charge on any atom is -0.368 e. The number of piperidine rings is 3. The number of likely N-dealkylation sites (N-methyl/N-ethyl adjacent to an activating group) is 1. The molecular weight excluding hydrogens is 331 g/mol. The molecule has 0 spiro atoms. The minimum absolute atomic E-state index is 0.0782. The Kier molecular flexibility index (Phi) is 4.58. The lowest BCUT2D eigenvalue weighted by Crippen LogP contribution is -2.58. The molecule has 1 aromatic carbocycles. The molecule has 1 amide bonds. The Balaban J connectivity index is 1.42. The fourth-order valence-electron chi connectivity index (χ4n) is 4.84. The van der Waals surface area contributed by atoms with Crippen LogP contribution in [0.4, 0.5) is 10.1 Å². The fraction of sp³-hybridized carbons (Fsp3) is 0.600. The van der Waals surface area contributed by atoms with Gasteiger partial charge in [-0.1, -0.05) is 0 Å². The van der Waals surface area contributed by atoms with Gasteiger partial charge in [-0.2, -0.15) is 5.26 Å². The molecule has 4 aliphatic rings. The number of nitrogens with zero attached hydrogens (tertiary/aromatic N) is 4. The summed E-state index contributed by atoms with van der Waals surface area (Å²) in [5.41, 5.74) is 0.810. The van der Waals surface area contributed by atoms with Crippen LogP contribution in [0.5, 0.6) is 0 Å². The van der Waals surface area contributed by atoms with E-state index in [1.54, 1.807) is 12.1 Å². The third-order valence-electron chi connectivity index (χ3n) is 6.42. The number of carbonyl (C=O) groups excluding carboxylic acids is 1. The highest BCUT2D eigenvalue weighted by Gasteiger charge is 2.40. The molecule has 4 heterocycles. The monoisotopic (exact) mass is 356 g/mol. The molecule has 4 fully saturated rings. The Morgan fingerprint density at radius 1 is 1.23 bits per heavy atom. The zero-order chi connectivity index (χ0) is 18.3. The van der Waals surface area contributed by atoms with Crippen LogP contribution < -0.4 is 4.90 Å². The summed E-state index contributed by atoms with van der Waals surface area (Å²) < 4.78 is 14.3. The Morgan fingerprint density at radius 2 is 2.00 bits per heavy atom. The molecule has 2 unspecified atom stereocenters. The number of rotatable bonds is 3. The van der Waals surface area contributed by atoms with Crippen LogP contribution in [0.25, 0.3) is 0 Å². The van der Waals surface area contributed by atoms with Crippen LogP contribution in [0.2, 0.25) is 0 Å². The highest BCUT2D eigenvalue weighted by Crippen LogP contribution is 2.33. The minimum atomic E-state index is -0.386.